The second kappa shape index (κ2) is 9.01. The molecule has 3 aliphatic carbocycles. The second-order valence-corrected chi connectivity index (χ2v) is 5.24. The number of carbonyl (C=O) groups excluding carboxylic acids is 3. The summed E-state index contributed by atoms with van der Waals surface area (Å²) in [6.07, 6.45) is 11.9. The number of hydrogen-bond donors (Lipinski definition) is 0. The Morgan fingerprint density at radius 1 is 0.389 bits per heavy atom. The molecule has 0 bridgehead atoms. The predicted molar refractivity (Wildman–Crippen MR) is 70.4 cm³/mol. The summed E-state index contributed by atoms with van der Waals surface area (Å²) < 4.78 is 0. The van der Waals surface area contributed by atoms with E-state index in [-0.39, 0.29) is 0 Å². The first-order chi connectivity index (χ1) is 8.68. The van der Waals surface area contributed by atoms with E-state index in [0.717, 1.165) is 77.0 Å². The molecule has 0 aliphatic heterocycles. The van der Waals surface area contributed by atoms with Crippen LogP contribution in [0.1, 0.15) is 77.0 Å². The molecule has 0 radical (unpaired) electrons. The molecule has 0 aromatic rings. The van der Waals surface area contributed by atoms with Gasteiger partial charge in [0.25, 0.3) is 0 Å². The molecule has 0 aromatic heterocycles. The lowest BCUT2D eigenvalue weighted by Crippen LogP contribution is -1.81. The zero-order valence-electron chi connectivity index (χ0n) is 11.2. The largest absolute Gasteiger partial charge is 0.300 e. The molecule has 102 valence electrons. The van der Waals surface area contributed by atoms with E-state index in [0.29, 0.717) is 17.3 Å². The third kappa shape index (κ3) is 7.36. The van der Waals surface area contributed by atoms with Crippen LogP contribution in [0.4, 0.5) is 0 Å². The smallest absolute Gasteiger partial charge is 0.132 e. The van der Waals surface area contributed by atoms with Gasteiger partial charge in [0.05, 0.1) is 0 Å². The average Bonchev–Trinajstić information content (AvgIpc) is 3.05. The van der Waals surface area contributed by atoms with Gasteiger partial charge in [0, 0.05) is 38.5 Å². The Balaban J connectivity index is 0.000000135. The van der Waals surface area contributed by atoms with Gasteiger partial charge in [-0.05, 0) is 38.5 Å². The van der Waals surface area contributed by atoms with Crippen LogP contribution in [0.2, 0.25) is 0 Å². The molecular weight excluding hydrogens is 228 g/mol. The standard InChI is InChI=1S/3C5H8O/c3*6-5-3-1-2-4-5/h3*1-4H2. The second-order valence-electron chi connectivity index (χ2n) is 5.24. The highest BCUT2D eigenvalue weighted by Crippen LogP contribution is 2.12. The van der Waals surface area contributed by atoms with Crippen molar-refractivity contribution < 1.29 is 14.4 Å². The van der Waals surface area contributed by atoms with Gasteiger partial charge in [-0.15, -0.1) is 0 Å². The molecule has 0 unspecified atom stereocenters. The van der Waals surface area contributed by atoms with Gasteiger partial charge in [0.15, 0.2) is 0 Å². The summed E-state index contributed by atoms with van der Waals surface area (Å²) in [5.74, 6) is 1.36. The normalized spacial score (nSPS) is 22.3. The van der Waals surface area contributed by atoms with Crippen molar-refractivity contribution in [2.75, 3.05) is 0 Å². The lowest BCUT2D eigenvalue weighted by Gasteiger charge is -1.71. The minimum Gasteiger partial charge on any atom is -0.300 e. The van der Waals surface area contributed by atoms with Crippen LogP contribution in [0.5, 0.6) is 0 Å². The van der Waals surface area contributed by atoms with Crippen molar-refractivity contribution in [1.82, 2.24) is 0 Å². The van der Waals surface area contributed by atoms with Gasteiger partial charge in [0.1, 0.15) is 17.3 Å². The van der Waals surface area contributed by atoms with Crippen LogP contribution in [0.3, 0.4) is 0 Å². The minimum absolute atomic E-state index is 0.454. The fraction of sp³-hybridized carbons (Fsp3) is 0.800. The molecule has 3 heteroatoms. The predicted octanol–water partition coefficient (Wildman–Crippen LogP) is 3.39. The van der Waals surface area contributed by atoms with Gasteiger partial charge in [-0.2, -0.15) is 0 Å². The number of ketones is 3. The summed E-state index contributed by atoms with van der Waals surface area (Å²) >= 11 is 0. The monoisotopic (exact) mass is 252 g/mol. The SMILES string of the molecule is O=C1CCCC1.O=C1CCCC1.O=C1CCCC1. The Morgan fingerprint density at radius 3 is 0.611 bits per heavy atom. The maximum atomic E-state index is 10.2. The van der Waals surface area contributed by atoms with Crippen molar-refractivity contribution in [3.05, 3.63) is 0 Å². The Morgan fingerprint density at radius 2 is 0.556 bits per heavy atom. The van der Waals surface area contributed by atoms with Crippen LogP contribution in [-0.2, 0) is 14.4 Å². The number of hydrogen-bond acceptors (Lipinski definition) is 3. The van der Waals surface area contributed by atoms with Crippen molar-refractivity contribution >= 4 is 17.3 Å². The molecule has 0 N–H and O–H groups in total. The Labute approximate surface area is 109 Å². The fourth-order valence-electron chi connectivity index (χ4n) is 2.31. The quantitative estimate of drug-likeness (QED) is 0.664. The first-order valence-electron chi connectivity index (χ1n) is 7.23. The molecule has 3 nitrogen and oxygen atoms in total. The summed E-state index contributed by atoms with van der Waals surface area (Å²) in [6, 6.07) is 0. The van der Waals surface area contributed by atoms with E-state index in [1.807, 2.05) is 0 Å². The first-order valence-corrected chi connectivity index (χ1v) is 7.23. The van der Waals surface area contributed by atoms with Crippen molar-refractivity contribution in [3.8, 4) is 0 Å². The van der Waals surface area contributed by atoms with E-state index in [9.17, 15) is 14.4 Å². The molecule has 0 heterocycles. The Hall–Kier alpha value is -0.990. The molecule has 0 spiro atoms. The third-order valence-corrected chi connectivity index (χ3v) is 3.48. The topological polar surface area (TPSA) is 51.2 Å². The highest BCUT2D eigenvalue weighted by atomic mass is 16.1. The van der Waals surface area contributed by atoms with Gasteiger partial charge in [-0.3, -0.25) is 14.4 Å². The maximum absolute atomic E-state index is 10.2. The molecule has 3 saturated carbocycles. The minimum atomic E-state index is 0.454. The average molecular weight is 252 g/mol. The van der Waals surface area contributed by atoms with Gasteiger partial charge in [0.2, 0.25) is 0 Å². The van der Waals surface area contributed by atoms with Gasteiger partial charge >= 0.3 is 0 Å². The van der Waals surface area contributed by atoms with Crippen molar-refractivity contribution in [1.29, 1.82) is 0 Å². The number of carbonyl (C=O) groups is 3. The lowest BCUT2D eigenvalue weighted by atomic mass is 10.4. The van der Waals surface area contributed by atoms with Gasteiger partial charge in [-0.1, -0.05) is 0 Å². The van der Waals surface area contributed by atoms with Crippen LogP contribution in [-0.4, -0.2) is 17.3 Å². The molecule has 0 atom stereocenters. The highest BCUT2D eigenvalue weighted by molar-refractivity contribution is 5.80. The highest BCUT2D eigenvalue weighted by Gasteiger charge is 2.08. The van der Waals surface area contributed by atoms with Crippen LogP contribution < -0.4 is 0 Å². The van der Waals surface area contributed by atoms with Crippen LogP contribution in [0, 0.1) is 0 Å². The fourth-order valence-corrected chi connectivity index (χ4v) is 2.31. The molecule has 0 aromatic carbocycles. The maximum Gasteiger partial charge on any atom is 0.132 e. The van der Waals surface area contributed by atoms with Crippen LogP contribution in [0.15, 0.2) is 0 Å². The van der Waals surface area contributed by atoms with Crippen molar-refractivity contribution in [2.45, 2.75) is 77.0 Å². The summed E-state index contributed by atoms with van der Waals surface area (Å²) in [5.41, 5.74) is 0. The molecule has 0 saturated heterocycles. The van der Waals surface area contributed by atoms with Crippen molar-refractivity contribution in [2.24, 2.45) is 0 Å². The third-order valence-electron chi connectivity index (χ3n) is 3.48. The molecule has 0 amide bonds. The zero-order valence-corrected chi connectivity index (χ0v) is 11.2. The van der Waals surface area contributed by atoms with Crippen LogP contribution in [0.25, 0.3) is 0 Å². The van der Waals surface area contributed by atoms with Crippen molar-refractivity contribution in [3.63, 3.8) is 0 Å². The molecule has 3 fully saturated rings. The summed E-state index contributed by atoms with van der Waals surface area (Å²) in [7, 11) is 0. The zero-order chi connectivity index (χ0) is 13.2. The van der Waals surface area contributed by atoms with Gasteiger partial charge < -0.3 is 0 Å². The Kier molecular flexibility index (Phi) is 7.54. The Bertz CT molecular complexity index is 223. The first kappa shape index (κ1) is 15.1. The van der Waals surface area contributed by atoms with E-state index in [1.54, 1.807) is 0 Å². The number of rotatable bonds is 0. The van der Waals surface area contributed by atoms with E-state index in [4.69, 9.17) is 0 Å². The summed E-state index contributed by atoms with van der Waals surface area (Å²) in [5, 5.41) is 0. The van der Waals surface area contributed by atoms with Gasteiger partial charge in [-0.25, -0.2) is 0 Å². The molecule has 3 aliphatic rings. The summed E-state index contributed by atoms with van der Waals surface area (Å²) in [4.78, 5) is 30.7. The van der Waals surface area contributed by atoms with E-state index in [2.05, 4.69) is 0 Å². The molecule has 18 heavy (non-hydrogen) atoms. The van der Waals surface area contributed by atoms with E-state index < -0.39 is 0 Å². The molecule has 3 rings (SSSR count). The molecular formula is C15H24O3. The van der Waals surface area contributed by atoms with Crippen LogP contribution >= 0.6 is 0 Å². The summed E-state index contributed by atoms with van der Waals surface area (Å²) in [6.45, 7) is 0. The van der Waals surface area contributed by atoms with E-state index in [1.165, 1.54) is 0 Å². The number of Topliss-reactive ketones (excluding diaryl/α,β-unsaturated/α-hetero) is 3. The lowest BCUT2D eigenvalue weighted by molar-refractivity contribution is -0.118. The van der Waals surface area contributed by atoms with E-state index >= 15 is 0 Å².